The number of hydrogen-bond acceptors (Lipinski definition) is 5. The van der Waals surface area contributed by atoms with E-state index in [2.05, 4.69) is 15.3 Å². The molecule has 140 valence electrons. The molecule has 0 spiro atoms. The minimum Gasteiger partial charge on any atom is -0.394 e. The van der Waals surface area contributed by atoms with E-state index >= 15 is 0 Å². The van der Waals surface area contributed by atoms with E-state index in [0.717, 1.165) is 6.20 Å². The maximum atomic E-state index is 13.4. The summed E-state index contributed by atoms with van der Waals surface area (Å²) in [5, 5.41) is 12.9. The molecular weight excluding hydrogens is 392 g/mol. The van der Waals surface area contributed by atoms with E-state index in [4.69, 9.17) is 23.2 Å². The molecule has 0 bridgehead atoms. The maximum Gasteiger partial charge on any atom is 0.421 e. The molecule has 1 atom stereocenters. The predicted octanol–water partition coefficient (Wildman–Crippen LogP) is 4.51. The number of rotatable bonds is 4. The van der Waals surface area contributed by atoms with E-state index in [1.165, 1.54) is 11.0 Å². The zero-order valence-corrected chi connectivity index (χ0v) is 14.9. The van der Waals surface area contributed by atoms with E-state index in [-0.39, 0.29) is 18.4 Å². The normalized spacial score (nSPS) is 17.6. The van der Waals surface area contributed by atoms with Crippen LogP contribution in [0.4, 0.5) is 30.6 Å². The van der Waals surface area contributed by atoms with Crippen molar-refractivity contribution in [1.29, 1.82) is 0 Å². The highest BCUT2D eigenvalue weighted by molar-refractivity contribution is 6.42. The van der Waals surface area contributed by atoms with Crippen LogP contribution in [0.2, 0.25) is 10.0 Å². The molecular formula is C16H15Cl2F3N4O. The molecule has 1 saturated heterocycles. The highest BCUT2D eigenvalue weighted by Gasteiger charge is 2.39. The van der Waals surface area contributed by atoms with Crippen LogP contribution in [0, 0.1) is 0 Å². The van der Waals surface area contributed by atoms with Gasteiger partial charge in [0.1, 0.15) is 11.4 Å². The first-order valence-corrected chi connectivity index (χ1v) is 8.59. The van der Waals surface area contributed by atoms with Gasteiger partial charge in [0.15, 0.2) is 0 Å². The van der Waals surface area contributed by atoms with Crippen LogP contribution in [0.25, 0.3) is 0 Å². The van der Waals surface area contributed by atoms with E-state index in [1.807, 2.05) is 0 Å². The number of aliphatic hydroxyl groups excluding tert-OH is 1. The molecule has 0 amide bonds. The van der Waals surface area contributed by atoms with Crippen LogP contribution in [-0.2, 0) is 6.18 Å². The van der Waals surface area contributed by atoms with Gasteiger partial charge in [-0.2, -0.15) is 18.2 Å². The lowest BCUT2D eigenvalue weighted by molar-refractivity contribution is -0.137. The number of nitrogens with zero attached hydrogens (tertiary/aromatic N) is 3. The fourth-order valence-electron chi connectivity index (χ4n) is 2.86. The Morgan fingerprint density at radius 1 is 1.27 bits per heavy atom. The lowest BCUT2D eigenvalue weighted by atomic mass is 10.2. The maximum absolute atomic E-state index is 13.4. The van der Waals surface area contributed by atoms with Gasteiger partial charge in [-0.25, -0.2) is 4.98 Å². The van der Waals surface area contributed by atoms with Crippen molar-refractivity contribution in [3.63, 3.8) is 0 Å². The summed E-state index contributed by atoms with van der Waals surface area (Å²) in [6.45, 7) is 0.147. The second kappa shape index (κ2) is 7.46. The van der Waals surface area contributed by atoms with Crippen molar-refractivity contribution < 1.29 is 18.3 Å². The van der Waals surface area contributed by atoms with Crippen LogP contribution in [0.3, 0.4) is 0 Å². The van der Waals surface area contributed by atoms with Crippen LogP contribution in [-0.4, -0.2) is 34.3 Å². The number of hydrogen-bond donors (Lipinski definition) is 2. The Morgan fingerprint density at radius 2 is 2.04 bits per heavy atom. The molecule has 26 heavy (non-hydrogen) atoms. The van der Waals surface area contributed by atoms with E-state index in [9.17, 15) is 18.3 Å². The Morgan fingerprint density at radius 3 is 2.69 bits per heavy atom. The molecule has 1 aliphatic heterocycles. The van der Waals surface area contributed by atoms with Gasteiger partial charge >= 0.3 is 6.18 Å². The van der Waals surface area contributed by atoms with Gasteiger partial charge in [-0.1, -0.05) is 23.2 Å². The Bertz CT molecular complexity index is 804. The quantitative estimate of drug-likeness (QED) is 0.781. The minimum atomic E-state index is -4.60. The zero-order chi connectivity index (χ0) is 18.9. The van der Waals surface area contributed by atoms with Gasteiger partial charge in [-0.05, 0) is 31.0 Å². The largest absolute Gasteiger partial charge is 0.421 e. The van der Waals surface area contributed by atoms with Crippen LogP contribution < -0.4 is 10.2 Å². The fraction of sp³-hybridized carbons (Fsp3) is 0.375. The SMILES string of the molecule is OC[C@@H]1CCCN1c1nc(Nc2ccc(Cl)c(Cl)c2)ncc1C(F)(F)F. The van der Waals surface area contributed by atoms with Crippen molar-refractivity contribution in [3.8, 4) is 0 Å². The second-order valence-corrected chi connectivity index (χ2v) is 6.67. The molecule has 2 N–H and O–H groups in total. The fourth-order valence-corrected chi connectivity index (χ4v) is 3.16. The van der Waals surface area contributed by atoms with Gasteiger partial charge in [-0.3, -0.25) is 0 Å². The first-order chi connectivity index (χ1) is 12.3. The minimum absolute atomic E-state index is 0.00465. The highest BCUT2D eigenvalue weighted by atomic mass is 35.5. The molecule has 0 radical (unpaired) electrons. The molecule has 10 heteroatoms. The summed E-state index contributed by atoms with van der Waals surface area (Å²) in [4.78, 5) is 9.31. The van der Waals surface area contributed by atoms with Crippen molar-refractivity contribution in [3.05, 3.63) is 40.0 Å². The van der Waals surface area contributed by atoms with Gasteiger partial charge in [0.25, 0.3) is 0 Å². The Kier molecular flexibility index (Phi) is 5.45. The molecule has 1 aliphatic rings. The summed E-state index contributed by atoms with van der Waals surface area (Å²) in [5.41, 5.74) is -0.442. The molecule has 1 aromatic heterocycles. The van der Waals surface area contributed by atoms with Crippen molar-refractivity contribution in [2.75, 3.05) is 23.4 Å². The van der Waals surface area contributed by atoms with Gasteiger partial charge in [0.05, 0.1) is 22.7 Å². The Balaban J connectivity index is 1.97. The van der Waals surface area contributed by atoms with Gasteiger partial charge in [0.2, 0.25) is 5.95 Å². The number of alkyl halides is 3. The van der Waals surface area contributed by atoms with Crippen molar-refractivity contribution in [2.24, 2.45) is 0 Å². The molecule has 0 saturated carbocycles. The highest BCUT2D eigenvalue weighted by Crippen LogP contribution is 2.38. The van der Waals surface area contributed by atoms with E-state index in [1.54, 1.807) is 12.1 Å². The Hall–Kier alpha value is -1.77. The monoisotopic (exact) mass is 406 g/mol. The predicted molar refractivity (Wildman–Crippen MR) is 94.2 cm³/mol. The number of benzene rings is 1. The van der Waals surface area contributed by atoms with Gasteiger partial charge in [0, 0.05) is 18.4 Å². The summed E-state index contributed by atoms with van der Waals surface area (Å²) in [6, 6.07) is 4.29. The average Bonchev–Trinajstić information content (AvgIpc) is 3.06. The number of anilines is 3. The van der Waals surface area contributed by atoms with Crippen molar-refractivity contribution in [1.82, 2.24) is 9.97 Å². The van der Waals surface area contributed by atoms with Crippen molar-refractivity contribution in [2.45, 2.75) is 25.1 Å². The van der Waals surface area contributed by atoms with E-state index in [0.29, 0.717) is 35.1 Å². The first kappa shape index (κ1) is 19.0. The standard InChI is InChI=1S/C16H15Cl2F3N4O/c17-12-4-3-9(6-13(12)18)23-15-22-7-11(16(19,20)21)14(24-15)25-5-1-2-10(25)8-26/h3-4,6-7,10,26H,1-2,5,8H2,(H,22,23,24)/t10-/m0/s1. The molecule has 1 aromatic carbocycles. The van der Waals surface area contributed by atoms with Crippen LogP contribution in [0.15, 0.2) is 24.4 Å². The summed E-state index contributed by atoms with van der Waals surface area (Å²) in [5.74, 6) is -0.249. The summed E-state index contributed by atoms with van der Waals surface area (Å²) in [6.07, 6.45) is -2.57. The smallest absolute Gasteiger partial charge is 0.394 e. The molecule has 0 unspecified atom stereocenters. The van der Waals surface area contributed by atoms with Crippen LogP contribution >= 0.6 is 23.2 Å². The Labute approximate surface area is 157 Å². The van der Waals surface area contributed by atoms with Crippen molar-refractivity contribution >= 4 is 40.7 Å². The van der Waals surface area contributed by atoms with Gasteiger partial charge in [-0.15, -0.1) is 0 Å². The first-order valence-electron chi connectivity index (χ1n) is 7.83. The molecule has 1 fully saturated rings. The summed E-state index contributed by atoms with van der Waals surface area (Å²) >= 11 is 11.8. The molecule has 3 rings (SSSR count). The molecule has 2 heterocycles. The zero-order valence-electron chi connectivity index (χ0n) is 13.4. The van der Waals surface area contributed by atoms with E-state index < -0.39 is 17.8 Å². The second-order valence-electron chi connectivity index (χ2n) is 5.85. The van der Waals surface area contributed by atoms with Crippen LogP contribution in [0.1, 0.15) is 18.4 Å². The molecule has 0 aliphatic carbocycles. The third kappa shape index (κ3) is 3.97. The number of halogens is 5. The number of nitrogens with one attached hydrogen (secondary N) is 1. The number of aliphatic hydroxyl groups is 1. The molecule has 5 nitrogen and oxygen atoms in total. The number of aromatic nitrogens is 2. The third-order valence-corrected chi connectivity index (χ3v) is 4.85. The van der Waals surface area contributed by atoms with Gasteiger partial charge < -0.3 is 15.3 Å². The van der Waals surface area contributed by atoms with Crippen LogP contribution in [0.5, 0.6) is 0 Å². The summed E-state index contributed by atoms with van der Waals surface area (Å²) in [7, 11) is 0. The molecule has 2 aromatic rings. The topological polar surface area (TPSA) is 61.3 Å². The third-order valence-electron chi connectivity index (χ3n) is 4.11. The summed E-state index contributed by atoms with van der Waals surface area (Å²) < 4.78 is 40.1. The lowest BCUT2D eigenvalue weighted by Crippen LogP contribution is -2.34. The average molecular weight is 407 g/mol. The lowest BCUT2D eigenvalue weighted by Gasteiger charge is -2.27.